The monoisotopic (exact) mass is 545 g/mol. The van der Waals surface area contributed by atoms with Crippen LogP contribution in [0.5, 0.6) is 5.75 Å². The van der Waals surface area contributed by atoms with Crippen molar-refractivity contribution in [3.05, 3.63) is 29.8 Å². The van der Waals surface area contributed by atoms with E-state index in [1.165, 1.54) is 12.0 Å². The van der Waals surface area contributed by atoms with E-state index in [-0.39, 0.29) is 30.0 Å². The molecule has 0 aromatic heterocycles. The van der Waals surface area contributed by atoms with Gasteiger partial charge in [0.1, 0.15) is 5.75 Å². The van der Waals surface area contributed by atoms with Crippen molar-refractivity contribution in [1.29, 1.82) is 0 Å². The number of ether oxygens (including phenoxy) is 2. The molecule has 0 spiro atoms. The number of aliphatic imine (C=N–C) groups is 1. The van der Waals surface area contributed by atoms with Crippen LogP contribution in [0.2, 0.25) is 0 Å². The summed E-state index contributed by atoms with van der Waals surface area (Å²) in [5.74, 6) is 1.91. The van der Waals surface area contributed by atoms with Crippen LogP contribution in [0.1, 0.15) is 31.9 Å². The van der Waals surface area contributed by atoms with Gasteiger partial charge in [0.05, 0.1) is 26.4 Å². The maximum absolute atomic E-state index is 5.52. The van der Waals surface area contributed by atoms with Gasteiger partial charge >= 0.3 is 0 Å². The summed E-state index contributed by atoms with van der Waals surface area (Å²) in [5, 5.41) is 3.67. The maximum atomic E-state index is 5.52. The maximum Gasteiger partial charge on any atom is 0.193 e. The third kappa shape index (κ3) is 6.94. The molecule has 0 aliphatic carbocycles. The molecule has 0 radical (unpaired) electrons. The molecule has 1 N–H and O–H groups in total. The predicted molar refractivity (Wildman–Crippen MR) is 138 cm³/mol. The number of benzene rings is 1. The van der Waals surface area contributed by atoms with Gasteiger partial charge in [-0.1, -0.05) is 26.0 Å². The van der Waals surface area contributed by atoms with Crippen molar-refractivity contribution in [1.82, 2.24) is 20.0 Å². The van der Waals surface area contributed by atoms with Gasteiger partial charge in [0.15, 0.2) is 5.96 Å². The molecule has 31 heavy (non-hydrogen) atoms. The molecule has 1 aromatic carbocycles. The highest BCUT2D eigenvalue weighted by Gasteiger charge is 2.30. The first kappa shape index (κ1) is 26.2. The molecule has 3 rings (SSSR count). The Morgan fingerprint density at radius 2 is 2.00 bits per heavy atom. The summed E-state index contributed by atoms with van der Waals surface area (Å²) in [6.45, 7) is 13.2. The van der Waals surface area contributed by atoms with E-state index in [9.17, 15) is 0 Å². The second-order valence-electron chi connectivity index (χ2n) is 7.98. The van der Waals surface area contributed by atoms with E-state index in [4.69, 9.17) is 9.47 Å². The number of nitrogens with one attached hydrogen (secondary N) is 1. The van der Waals surface area contributed by atoms with Crippen molar-refractivity contribution in [3.63, 3.8) is 0 Å². The number of methoxy groups -OCH3 is 1. The Hall–Kier alpha value is -1.10. The zero-order valence-electron chi connectivity index (χ0n) is 19.5. The highest BCUT2D eigenvalue weighted by molar-refractivity contribution is 14.0. The minimum atomic E-state index is 0. The Morgan fingerprint density at radius 3 is 2.65 bits per heavy atom. The molecule has 8 heteroatoms. The Morgan fingerprint density at radius 1 is 1.26 bits per heavy atom. The molecule has 2 fully saturated rings. The van der Waals surface area contributed by atoms with E-state index in [0.29, 0.717) is 6.04 Å². The number of nitrogens with zero attached hydrogens (tertiary/aromatic N) is 4. The second kappa shape index (κ2) is 13.4. The lowest BCUT2D eigenvalue weighted by Crippen LogP contribution is -2.48. The molecule has 2 aliphatic heterocycles. The molecule has 1 aromatic rings. The first-order valence-electron chi connectivity index (χ1n) is 11.4. The fraction of sp³-hybridized carbons (Fsp3) is 0.696. The molecule has 0 bridgehead atoms. The minimum absolute atomic E-state index is 0. The van der Waals surface area contributed by atoms with Crippen molar-refractivity contribution >= 4 is 29.9 Å². The van der Waals surface area contributed by atoms with Gasteiger partial charge in [0.2, 0.25) is 0 Å². The van der Waals surface area contributed by atoms with E-state index < -0.39 is 0 Å². The lowest BCUT2D eigenvalue weighted by Gasteiger charge is -2.33. The lowest BCUT2D eigenvalue weighted by molar-refractivity contribution is 0.0194. The van der Waals surface area contributed by atoms with Crippen LogP contribution in [0.3, 0.4) is 0 Å². The molecule has 2 saturated heterocycles. The van der Waals surface area contributed by atoms with Crippen LogP contribution >= 0.6 is 24.0 Å². The Labute approximate surface area is 205 Å². The van der Waals surface area contributed by atoms with E-state index in [1.54, 1.807) is 7.11 Å². The van der Waals surface area contributed by atoms with E-state index in [1.807, 2.05) is 13.1 Å². The fourth-order valence-corrected chi connectivity index (χ4v) is 4.67. The number of hydrogen-bond acceptors (Lipinski definition) is 5. The zero-order valence-corrected chi connectivity index (χ0v) is 21.9. The molecule has 2 heterocycles. The quantitative estimate of drug-likeness (QED) is 0.308. The fourth-order valence-electron chi connectivity index (χ4n) is 4.67. The topological polar surface area (TPSA) is 52.6 Å². The molecule has 176 valence electrons. The molecule has 2 atom stereocenters. The molecule has 2 aliphatic rings. The van der Waals surface area contributed by atoms with Gasteiger partial charge < -0.3 is 19.7 Å². The van der Waals surface area contributed by atoms with Crippen molar-refractivity contribution in [3.8, 4) is 5.75 Å². The number of guanidine groups is 1. The van der Waals surface area contributed by atoms with Crippen LogP contribution in [0.4, 0.5) is 0 Å². The summed E-state index contributed by atoms with van der Waals surface area (Å²) in [6.07, 6.45) is 1.19. The van der Waals surface area contributed by atoms with Crippen LogP contribution in [-0.4, -0.2) is 99.9 Å². The highest BCUT2D eigenvalue weighted by atomic mass is 127. The summed E-state index contributed by atoms with van der Waals surface area (Å²) < 4.78 is 11.0. The van der Waals surface area contributed by atoms with E-state index in [0.717, 1.165) is 70.7 Å². The summed E-state index contributed by atoms with van der Waals surface area (Å²) >= 11 is 0. The number of hydrogen-bond donors (Lipinski definition) is 1. The highest BCUT2D eigenvalue weighted by Crippen LogP contribution is 2.24. The molecule has 0 amide bonds. The summed E-state index contributed by atoms with van der Waals surface area (Å²) in [7, 11) is 3.62. The number of rotatable bonds is 8. The SMILES string of the molecule is CCN(CC)C(CNC(=NC)N1CCC(N2CCOCC2)C1)c1cccc(OC)c1.I. The average Bonchev–Trinajstić information content (AvgIpc) is 3.29. The normalized spacial score (nSPS) is 21.1. The Bertz CT molecular complexity index is 680. The molecule has 7 nitrogen and oxygen atoms in total. The van der Waals surface area contributed by atoms with Gasteiger partial charge in [-0.25, -0.2) is 0 Å². The average molecular weight is 546 g/mol. The second-order valence-corrected chi connectivity index (χ2v) is 7.98. The summed E-state index contributed by atoms with van der Waals surface area (Å²) in [6, 6.07) is 9.30. The van der Waals surface area contributed by atoms with Gasteiger partial charge in [-0.3, -0.25) is 14.8 Å². The Kier molecular flexibility index (Phi) is 11.3. The number of likely N-dealkylation sites (tertiary alicyclic amines) is 1. The zero-order chi connectivity index (χ0) is 21.3. The molecule has 0 saturated carbocycles. The van der Waals surface area contributed by atoms with Crippen LogP contribution in [-0.2, 0) is 4.74 Å². The van der Waals surface area contributed by atoms with Crippen LogP contribution in [0, 0.1) is 0 Å². The summed E-state index contributed by atoms with van der Waals surface area (Å²) in [5.41, 5.74) is 1.27. The van der Waals surface area contributed by atoms with E-state index in [2.05, 4.69) is 57.1 Å². The van der Waals surface area contributed by atoms with Gasteiger partial charge in [0.25, 0.3) is 0 Å². The van der Waals surface area contributed by atoms with E-state index >= 15 is 0 Å². The first-order chi connectivity index (χ1) is 14.7. The smallest absolute Gasteiger partial charge is 0.193 e. The summed E-state index contributed by atoms with van der Waals surface area (Å²) in [4.78, 5) is 12.1. The molecule has 2 unspecified atom stereocenters. The Balaban J connectivity index is 0.00000341. The van der Waals surface area contributed by atoms with Crippen molar-refractivity contribution in [2.75, 3.05) is 73.2 Å². The van der Waals surface area contributed by atoms with Crippen molar-refractivity contribution < 1.29 is 9.47 Å². The largest absolute Gasteiger partial charge is 0.497 e. The molecular weight excluding hydrogens is 505 g/mol. The van der Waals surface area contributed by atoms with Crippen LogP contribution in [0.15, 0.2) is 29.3 Å². The predicted octanol–water partition coefficient (Wildman–Crippen LogP) is 2.68. The molecular formula is C23H40IN5O2. The third-order valence-corrected chi connectivity index (χ3v) is 6.42. The lowest BCUT2D eigenvalue weighted by atomic mass is 10.0. The number of morpholine rings is 1. The van der Waals surface area contributed by atoms with Gasteiger partial charge in [-0.15, -0.1) is 24.0 Å². The number of likely N-dealkylation sites (N-methyl/N-ethyl adjacent to an activating group) is 1. The van der Waals surface area contributed by atoms with Crippen molar-refractivity contribution in [2.24, 2.45) is 4.99 Å². The first-order valence-corrected chi connectivity index (χ1v) is 11.4. The van der Waals surface area contributed by atoms with Crippen LogP contribution in [0.25, 0.3) is 0 Å². The third-order valence-electron chi connectivity index (χ3n) is 6.42. The van der Waals surface area contributed by atoms with Crippen molar-refractivity contribution in [2.45, 2.75) is 32.4 Å². The van der Waals surface area contributed by atoms with Crippen LogP contribution < -0.4 is 10.1 Å². The van der Waals surface area contributed by atoms with Gasteiger partial charge in [0, 0.05) is 45.8 Å². The van der Waals surface area contributed by atoms with Gasteiger partial charge in [-0.05, 0) is 37.2 Å². The minimum Gasteiger partial charge on any atom is -0.497 e. The number of halogens is 1. The van der Waals surface area contributed by atoms with Gasteiger partial charge in [-0.2, -0.15) is 0 Å². The standard InChI is InChI=1S/C23H39N5O2.HI/c1-5-26(6-2)22(19-8-7-9-21(16-19)29-4)17-25-23(24-3)28-11-10-20(18-28)27-12-14-30-15-13-27;/h7-9,16,20,22H,5-6,10-15,17-18H2,1-4H3,(H,24,25);1H.